The van der Waals surface area contributed by atoms with Gasteiger partial charge in [-0.25, -0.2) is 0 Å². The molecule has 1 fully saturated rings. The lowest BCUT2D eigenvalue weighted by molar-refractivity contribution is 0.303. The maximum absolute atomic E-state index is 9.14. The summed E-state index contributed by atoms with van der Waals surface area (Å²) in [5, 5.41) is 14.9. The Kier molecular flexibility index (Phi) is 3.37. The van der Waals surface area contributed by atoms with Gasteiger partial charge in [0.2, 0.25) is 0 Å². The minimum Gasteiger partial charge on any atom is -0.385 e. The molecule has 1 aliphatic carbocycles. The Morgan fingerprint density at radius 2 is 1.89 bits per heavy atom. The molecular weight excluding hydrogens is 232 g/mol. The van der Waals surface area contributed by atoms with Gasteiger partial charge in [0.1, 0.15) is 0 Å². The van der Waals surface area contributed by atoms with E-state index in [1.165, 1.54) is 25.7 Å². The Morgan fingerprint density at radius 1 is 1.11 bits per heavy atom. The van der Waals surface area contributed by atoms with Gasteiger partial charge < -0.3 is 5.32 Å². The molecule has 2 nitrogen and oxygen atoms in total. The molecule has 0 atom stereocenters. The number of nitrogens with zero attached hydrogens (tertiary/aromatic N) is 1. The number of nitrogens with one attached hydrogen (secondary N) is 1. The topological polar surface area (TPSA) is 35.8 Å². The average molecular weight is 250 g/mol. The zero-order chi connectivity index (χ0) is 13.1. The largest absolute Gasteiger partial charge is 0.385 e. The van der Waals surface area contributed by atoms with Crippen LogP contribution >= 0.6 is 0 Å². The Hall–Kier alpha value is -2.01. The minimum absolute atomic E-state index is 0.750. The van der Waals surface area contributed by atoms with Crippen molar-refractivity contribution in [2.75, 3.05) is 11.9 Å². The summed E-state index contributed by atoms with van der Waals surface area (Å²) in [6.45, 7) is 1.03. The zero-order valence-electron chi connectivity index (χ0n) is 11.0. The Balaban J connectivity index is 1.81. The van der Waals surface area contributed by atoms with Crippen molar-refractivity contribution in [3.8, 4) is 6.07 Å². The van der Waals surface area contributed by atoms with E-state index in [4.69, 9.17) is 5.26 Å². The van der Waals surface area contributed by atoms with Crippen LogP contribution in [0.1, 0.15) is 31.2 Å². The fourth-order valence-corrected chi connectivity index (χ4v) is 2.74. The van der Waals surface area contributed by atoms with Crippen molar-refractivity contribution in [2.45, 2.75) is 25.7 Å². The van der Waals surface area contributed by atoms with Crippen molar-refractivity contribution in [1.82, 2.24) is 0 Å². The highest BCUT2D eigenvalue weighted by atomic mass is 14.9. The summed E-state index contributed by atoms with van der Waals surface area (Å²) in [6, 6.07) is 14.3. The number of hydrogen-bond acceptors (Lipinski definition) is 2. The molecule has 3 rings (SSSR count). The number of hydrogen-bond donors (Lipinski definition) is 1. The molecule has 0 unspecified atom stereocenters. The summed E-state index contributed by atoms with van der Waals surface area (Å²) in [5.41, 5.74) is 1.90. The van der Waals surface area contributed by atoms with E-state index in [0.717, 1.165) is 34.5 Å². The maximum Gasteiger partial charge on any atom is 0.0998 e. The van der Waals surface area contributed by atoms with Gasteiger partial charge in [-0.3, -0.25) is 0 Å². The van der Waals surface area contributed by atoms with Crippen LogP contribution < -0.4 is 5.32 Å². The molecule has 2 aromatic rings. The summed E-state index contributed by atoms with van der Waals surface area (Å²) >= 11 is 0. The van der Waals surface area contributed by atoms with Crippen LogP contribution in [-0.4, -0.2) is 6.54 Å². The molecule has 0 bridgehead atoms. The standard InChI is InChI=1S/C17H18N2/c18-12-14-8-9-17(16-7-2-1-6-15(14)16)19-11-10-13-4-3-5-13/h1-2,6-9,13,19H,3-5,10-11H2. The lowest BCUT2D eigenvalue weighted by Crippen LogP contribution is -2.15. The molecule has 2 heteroatoms. The van der Waals surface area contributed by atoms with Crippen LogP contribution in [0.25, 0.3) is 10.8 Å². The van der Waals surface area contributed by atoms with Crippen LogP contribution in [0.15, 0.2) is 36.4 Å². The molecule has 2 aromatic carbocycles. The highest BCUT2D eigenvalue weighted by Crippen LogP contribution is 2.30. The van der Waals surface area contributed by atoms with Crippen molar-refractivity contribution in [3.05, 3.63) is 42.0 Å². The van der Waals surface area contributed by atoms with Crippen molar-refractivity contribution < 1.29 is 0 Å². The molecule has 1 aliphatic rings. The van der Waals surface area contributed by atoms with Crippen LogP contribution in [0.4, 0.5) is 5.69 Å². The van der Waals surface area contributed by atoms with Gasteiger partial charge in [0, 0.05) is 23.0 Å². The molecule has 0 radical (unpaired) electrons. The second-order valence-corrected chi connectivity index (χ2v) is 5.33. The monoisotopic (exact) mass is 250 g/mol. The van der Waals surface area contributed by atoms with Gasteiger partial charge >= 0.3 is 0 Å². The molecule has 1 saturated carbocycles. The summed E-state index contributed by atoms with van der Waals surface area (Å²) in [7, 11) is 0. The van der Waals surface area contributed by atoms with E-state index in [2.05, 4.69) is 17.5 Å². The van der Waals surface area contributed by atoms with Crippen LogP contribution in [-0.2, 0) is 0 Å². The van der Waals surface area contributed by atoms with Gasteiger partial charge in [0.25, 0.3) is 0 Å². The van der Waals surface area contributed by atoms with E-state index in [9.17, 15) is 0 Å². The van der Waals surface area contributed by atoms with E-state index >= 15 is 0 Å². The van der Waals surface area contributed by atoms with Crippen LogP contribution in [0.2, 0.25) is 0 Å². The van der Waals surface area contributed by atoms with Crippen molar-refractivity contribution in [2.24, 2.45) is 5.92 Å². The van der Waals surface area contributed by atoms with Crippen molar-refractivity contribution in [1.29, 1.82) is 5.26 Å². The lowest BCUT2D eigenvalue weighted by atomic mass is 9.83. The van der Waals surface area contributed by atoms with Crippen molar-refractivity contribution in [3.63, 3.8) is 0 Å². The molecule has 0 spiro atoms. The number of anilines is 1. The quantitative estimate of drug-likeness (QED) is 0.877. The van der Waals surface area contributed by atoms with Gasteiger partial charge in [-0.05, 0) is 24.5 Å². The molecule has 0 aromatic heterocycles. The molecule has 0 amide bonds. The Morgan fingerprint density at radius 3 is 2.58 bits per heavy atom. The molecule has 19 heavy (non-hydrogen) atoms. The summed E-state index contributed by atoms with van der Waals surface area (Å²) in [6.07, 6.45) is 5.46. The second kappa shape index (κ2) is 5.32. The van der Waals surface area contributed by atoms with Gasteiger partial charge in [0.15, 0.2) is 0 Å². The third kappa shape index (κ3) is 2.42. The van der Waals surface area contributed by atoms with E-state index in [0.29, 0.717) is 0 Å². The predicted octanol–water partition coefficient (Wildman–Crippen LogP) is 4.31. The van der Waals surface area contributed by atoms with E-state index in [1.807, 2.05) is 30.3 Å². The fraction of sp³-hybridized carbons (Fsp3) is 0.353. The fourth-order valence-electron chi connectivity index (χ4n) is 2.74. The average Bonchev–Trinajstić information content (AvgIpc) is 2.41. The van der Waals surface area contributed by atoms with Gasteiger partial charge in [0.05, 0.1) is 11.6 Å². The molecular formula is C17H18N2. The molecule has 0 saturated heterocycles. The van der Waals surface area contributed by atoms with Gasteiger partial charge in [-0.1, -0.05) is 43.5 Å². The SMILES string of the molecule is N#Cc1ccc(NCCC2CCC2)c2ccccc12. The maximum atomic E-state index is 9.14. The van der Waals surface area contributed by atoms with Crippen LogP contribution in [0.3, 0.4) is 0 Å². The van der Waals surface area contributed by atoms with Crippen LogP contribution in [0.5, 0.6) is 0 Å². The highest BCUT2D eigenvalue weighted by Gasteiger charge is 2.16. The first-order valence-corrected chi connectivity index (χ1v) is 7.04. The summed E-state index contributed by atoms with van der Waals surface area (Å²) in [5.74, 6) is 0.928. The first kappa shape index (κ1) is 12.0. The highest BCUT2D eigenvalue weighted by molar-refractivity contribution is 5.97. The van der Waals surface area contributed by atoms with E-state index < -0.39 is 0 Å². The Labute approximate surface area is 114 Å². The number of benzene rings is 2. The molecule has 0 aliphatic heterocycles. The second-order valence-electron chi connectivity index (χ2n) is 5.33. The summed E-state index contributed by atoms with van der Waals surface area (Å²) < 4.78 is 0. The molecule has 1 N–H and O–H groups in total. The van der Waals surface area contributed by atoms with Crippen LogP contribution in [0, 0.1) is 17.2 Å². The lowest BCUT2D eigenvalue weighted by Gasteiger charge is -2.25. The predicted molar refractivity (Wildman–Crippen MR) is 79.1 cm³/mol. The van der Waals surface area contributed by atoms with E-state index in [1.54, 1.807) is 0 Å². The third-order valence-corrected chi connectivity index (χ3v) is 4.14. The normalized spacial score (nSPS) is 14.9. The summed E-state index contributed by atoms with van der Waals surface area (Å²) in [4.78, 5) is 0. The van der Waals surface area contributed by atoms with Gasteiger partial charge in [-0.2, -0.15) is 5.26 Å². The minimum atomic E-state index is 0.750. The number of fused-ring (bicyclic) bond motifs is 1. The number of nitriles is 1. The third-order valence-electron chi connectivity index (χ3n) is 4.14. The molecule has 96 valence electrons. The van der Waals surface area contributed by atoms with E-state index in [-0.39, 0.29) is 0 Å². The first-order valence-electron chi connectivity index (χ1n) is 7.04. The Bertz CT molecular complexity index is 621. The molecule has 0 heterocycles. The first-order chi connectivity index (χ1) is 9.38. The number of rotatable bonds is 4. The smallest absolute Gasteiger partial charge is 0.0998 e. The van der Waals surface area contributed by atoms with Gasteiger partial charge in [-0.15, -0.1) is 0 Å². The zero-order valence-corrected chi connectivity index (χ0v) is 11.0. The van der Waals surface area contributed by atoms with Crippen molar-refractivity contribution >= 4 is 16.5 Å².